The Labute approximate surface area is 81.3 Å². The Kier molecular flexibility index (Phi) is 2.59. The lowest BCUT2D eigenvalue weighted by Crippen LogP contribution is -2.12. The summed E-state index contributed by atoms with van der Waals surface area (Å²) in [7, 11) is 0. The van der Waals surface area contributed by atoms with Crippen molar-refractivity contribution in [2.24, 2.45) is 5.73 Å². The third kappa shape index (κ3) is 1.67. The lowest BCUT2D eigenvalue weighted by Gasteiger charge is -2.04. The normalized spacial score (nSPS) is 30.8. The summed E-state index contributed by atoms with van der Waals surface area (Å²) >= 11 is 0. The number of halogens is 3. The minimum Gasteiger partial charge on any atom is -0.325 e. The summed E-state index contributed by atoms with van der Waals surface area (Å²) < 4.78 is 25.9. The smallest absolute Gasteiger partial charge is 0.152 e. The Morgan fingerprint density at radius 2 is 1.77 bits per heavy atom. The summed E-state index contributed by atoms with van der Waals surface area (Å²) in [5, 5.41) is 0. The molecule has 13 heavy (non-hydrogen) atoms. The van der Waals surface area contributed by atoms with Crippen molar-refractivity contribution in [1.29, 1.82) is 0 Å². The molecule has 0 heterocycles. The van der Waals surface area contributed by atoms with E-state index in [1.165, 1.54) is 24.3 Å². The molecular formula is C9H10ClF2N. The number of nitrogens with two attached hydrogens (primary N) is 1. The summed E-state index contributed by atoms with van der Waals surface area (Å²) in [6.07, 6.45) is 0.346. The van der Waals surface area contributed by atoms with Crippen molar-refractivity contribution >= 4 is 12.4 Å². The minimum absolute atomic E-state index is 0. The third-order valence-electron chi connectivity index (χ3n) is 2.27. The minimum atomic E-state index is -1.40. The van der Waals surface area contributed by atoms with Crippen LogP contribution in [-0.2, 0) is 5.67 Å². The molecule has 0 aromatic heterocycles. The molecule has 0 saturated heterocycles. The van der Waals surface area contributed by atoms with Crippen molar-refractivity contribution in [2.45, 2.75) is 18.1 Å². The van der Waals surface area contributed by atoms with E-state index in [0.717, 1.165) is 0 Å². The van der Waals surface area contributed by atoms with E-state index in [4.69, 9.17) is 5.73 Å². The van der Waals surface area contributed by atoms with Crippen molar-refractivity contribution in [3.8, 4) is 0 Å². The molecule has 1 fully saturated rings. The van der Waals surface area contributed by atoms with Gasteiger partial charge < -0.3 is 5.73 Å². The Hall–Kier alpha value is -0.670. The number of hydrogen-bond acceptors (Lipinski definition) is 1. The fourth-order valence-electron chi connectivity index (χ4n) is 1.32. The van der Waals surface area contributed by atoms with Gasteiger partial charge in [0.15, 0.2) is 5.67 Å². The maximum absolute atomic E-state index is 13.5. The Morgan fingerprint density at radius 1 is 1.31 bits per heavy atom. The molecule has 0 radical (unpaired) electrons. The quantitative estimate of drug-likeness (QED) is 0.747. The van der Waals surface area contributed by atoms with E-state index in [0.29, 0.717) is 12.0 Å². The molecule has 0 bridgehead atoms. The zero-order valence-electron chi connectivity index (χ0n) is 6.84. The molecule has 0 unspecified atom stereocenters. The molecule has 2 N–H and O–H groups in total. The lowest BCUT2D eigenvalue weighted by molar-refractivity contribution is 0.306. The van der Waals surface area contributed by atoms with Gasteiger partial charge in [-0.3, -0.25) is 0 Å². The van der Waals surface area contributed by atoms with E-state index in [1.54, 1.807) is 0 Å². The van der Waals surface area contributed by atoms with Crippen LogP contribution in [-0.4, -0.2) is 6.04 Å². The zero-order chi connectivity index (χ0) is 8.77. The van der Waals surface area contributed by atoms with E-state index in [-0.39, 0.29) is 18.2 Å². The number of benzene rings is 1. The van der Waals surface area contributed by atoms with Gasteiger partial charge in [-0.2, -0.15) is 0 Å². The van der Waals surface area contributed by atoms with Gasteiger partial charge in [0.05, 0.1) is 0 Å². The second-order valence-electron chi connectivity index (χ2n) is 3.18. The van der Waals surface area contributed by atoms with Gasteiger partial charge in [0, 0.05) is 12.5 Å². The number of rotatable bonds is 1. The molecule has 2 atom stereocenters. The van der Waals surface area contributed by atoms with E-state index >= 15 is 0 Å². The molecule has 1 aromatic carbocycles. The highest BCUT2D eigenvalue weighted by Crippen LogP contribution is 2.48. The van der Waals surface area contributed by atoms with Crippen LogP contribution < -0.4 is 5.73 Å². The molecule has 1 aliphatic carbocycles. The summed E-state index contributed by atoms with van der Waals surface area (Å²) in [4.78, 5) is 0. The van der Waals surface area contributed by atoms with Crippen LogP contribution in [0.1, 0.15) is 12.0 Å². The molecular weight excluding hydrogens is 196 g/mol. The Bertz CT molecular complexity index is 301. The highest BCUT2D eigenvalue weighted by Gasteiger charge is 2.54. The second kappa shape index (κ2) is 3.24. The first kappa shape index (κ1) is 10.4. The maximum atomic E-state index is 13.5. The summed E-state index contributed by atoms with van der Waals surface area (Å²) in [5.74, 6) is -0.350. The van der Waals surface area contributed by atoms with Gasteiger partial charge in [0.2, 0.25) is 0 Å². The molecule has 1 aliphatic rings. The topological polar surface area (TPSA) is 26.0 Å². The van der Waals surface area contributed by atoms with E-state index in [2.05, 4.69) is 0 Å². The van der Waals surface area contributed by atoms with Crippen LogP contribution in [0.25, 0.3) is 0 Å². The SMILES string of the molecule is Cl.N[C@@H]1C[C@]1(F)c1ccc(F)cc1. The predicted molar refractivity (Wildman–Crippen MR) is 49.0 cm³/mol. The fourth-order valence-corrected chi connectivity index (χ4v) is 1.32. The van der Waals surface area contributed by atoms with Crippen LogP contribution in [0.3, 0.4) is 0 Å². The van der Waals surface area contributed by atoms with Crippen molar-refractivity contribution in [2.75, 3.05) is 0 Å². The third-order valence-corrected chi connectivity index (χ3v) is 2.27. The van der Waals surface area contributed by atoms with Crippen molar-refractivity contribution < 1.29 is 8.78 Å². The van der Waals surface area contributed by atoms with E-state index < -0.39 is 11.7 Å². The highest BCUT2D eigenvalue weighted by molar-refractivity contribution is 5.85. The van der Waals surface area contributed by atoms with Crippen LogP contribution in [0.4, 0.5) is 8.78 Å². The molecule has 4 heteroatoms. The molecule has 0 aliphatic heterocycles. The van der Waals surface area contributed by atoms with Gasteiger partial charge in [0.25, 0.3) is 0 Å². The lowest BCUT2D eigenvalue weighted by atomic mass is 10.1. The van der Waals surface area contributed by atoms with Gasteiger partial charge >= 0.3 is 0 Å². The van der Waals surface area contributed by atoms with Crippen molar-refractivity contribution in [3.05, 3.63) is 35.6 Å². The predicted octanol–water partition coefficient (Wildman–Crippen LogP) is 2.14. The molecule has 0 amide bonds. The van der Waals surface area contributed by atoms with E-state index in [9.17, 15) is 8.78 Å². The molecule has 2 rings (SSSR count). The van der Waals surface area contributed by atoms with Gasteiger partial charge in [-0.1, -0.05) is 12.1 Å². The first-order valence-electron chi connectivity index (χ1n) is 3.83. The first-order chi connectivity index (χ1) is 5.63. The van der Waals surface area contributed by atoms with Gasteiger partial charge in [-0.15, -0.1) is 12.4 Å². The van der Waals surface area contributed by atoms with Crippen LogP contribution in [0.15, 0.2) is 24.3 Å². The molecule has 1 saturated carbocycles. The second-order valence-corrected chi connectivity index (χ2v) is 3.18. The van der Waals surface area contributed by atoms with Crippen LogP contribution >= 0.6 is 12.4 Å². The average molecular weight is 206 g/mol. The molecule has 72 valence electrons. The Morgan fingerprint density at radius 3 is 2.15 bits per heavy atom. The molecule has 1 nitrogen and oxygen atoms in total. The molecule has 0 spiro atoms. The highest BCUT2D eigenvalue weighted by atomic mass is 35.5. The number of hydrogen-bond donors (Lipinski definition) is 1. The first-order valence-corrected chi connectivity index (χ1v) is 3.83. The largest absolute Gasteiger partial charge is 0.325 e. The van der Waals surface area contributed by atoms with Crippen LogP contribution in [0, 0.1) is 5.82 Å². The van der Waals surface area contributed by atoms with E-state index in [1.807, 2.05) is 0 Å². The van der Waals surface area contributed by atoms with Crippen LogP contribution in [0.5, 0.6) is 0 Å². The zero-order valence-corrected chi connectivity index (χ0v) is 7.65. The van der Waals surface area contributed by atoms with Crippen molar-refractivity contribution in [3.63, 3.8) is 0 Å². The maximum Gasteiger partial charge on any atom is 0.152 e. The average Bonchev–Trinajstić information content (AvgIpc) is 2.62. The van der Waals surface area contributed by atoms with Gasteiger partial charge in [-0.05, 0) is 17.7 Å². The monoisotopic (exact) mass is 205 g/mol. The summed E-state index contributed by atoms with van der Waals surface area (Å²) in [5.41, 5.74) is 4.49. The number of alkyl halides is 1. The Balaban J connectivity index is 0.000000845. The van der Waals surface area contributed by atoms with Gasteiger partial charge in [-0.25, -0.2) is 8.78 Å². The van der Waals surface area contributed by atoms with Crippen LogP contribution in [0.2, 0.25) is 0 Å². The fraction of sp³-hybridized carbons (Fsp3) is 0.333. The molecule has 1 aromatic rings. The standard InChI is InChI=1S/C9H9F2N.ClH/c10-7-3-1-6(2-4-7)9(11)5-8(9)12;/h1-4,8H,5,12H2;1H/t8-,9+;/m1./s1. The van der Waals surface area contributed by atoms with Gasteiger partial charge in [0.1, 0.15) is 5.82 Å². The summed E-state index contributed by atoms with van der Waals surface area (Å²) in [6.45, 7) is 0. The summed E-state index contributed by atoms with van der Waals surface area (Å²) in [6, 6.07) is 4.98. The van der Waals surface area contributed by atoms with Crippen molar-refractivity contribution in [1.82, 2.24) is 0 Å².